The smallest absolute Gasteiger partial charge is 0.339 e. The number of hydrogen-bond acceptors (Lipinski definition) is 2. The van der Waals surface area contributed by atoms with E-state index in [2.05, 4.69) is 47.6 Å². The molecule has 0 N–H and O–H groups in total. The zero-order chi connectivity index (χ0) is 21.1. The number of carbonyl (C=O) groups excluding carboxylic acids is 1. The van der Waals surface area contributed by atoms with E-state index in [1.54, 1.807) is 0 Å². The van der Waals surface area contributed by atoms with Gasteiger partial charge in [0.15, 0.2) is 15.2 Å². The summed E-state index contributed by atoms with van der Waals surface area (Å²) in [7, 11) is -0.0786. The molecule has 31 heavy (non-hydrogen) atoms. The van der Waals surface area contributed by atoms with Gasteiger partial charge in [0, 0.05) is 27.5 Å². The van der Waals surface area contributed by atoms with Crippen LogP contribution in [0, 0.1) is 11.8 Å². The molecule has 5 rings (SSSR count). The number of ether oxygens (including phenoxy) is 1. The highest BCUT2D eigenvalue weighted by Gasteiger charge is 2.36. The first-order valence-electron chi connectivity index (χ1n) is 10.6. The summed E-state index contributed by atoms with van der Waals surface area (Å²) >= 11 is 0. The Balaban J connectivity index is 1.36. The van der Waals surface area contributed by atoms with Crippen molar-refractivity contribution in [1.82, 2.24) is 0 Å². The maximum atomic E-state index is 12.9. The van der Waals surface area contributed by atoms with Crippen LogP contribution in [0.3, 0.4) is 0 Å². The monoisotopic (exact) mass is 423 g/mol. The van der Waals surface area contributed by atoms with Crippen molar-refractivity contribution in [2.75, 3.05) is 0 Å². The standard InChI is InChI=1S/C28H23O2S/c29-27(30-28(18-6-7-19-28)20-16-22-8-2-1-3-9-22)24-12-14-25(15-13-24)31-21-17-23-10-4-5-11-26(23)31/h1-5,8-15,17,21H,6-7,18-19H2/q+1. The maximum absolute atomic E-state index is 12.9. The fraction of sp³-hybridized carbons (Fsp3) is 0.179. The predicted molar refractivity (Wildman–Crippen MR) is 128 cm³/mol. The number of benzene rings is 3. The number of esters is 1. The maximum Gasteiger partial charge on any atom is 0.339 e. The Labute approximate surface area is 185 Å². The average molecular weight is 424 g/mol. The summed E-state index contributed by atoms with van der Waals surface area (Å²) in [5, 5.41) is 3.51. The molecule has 0 aliphatic heterocycles. The second-order valence-electron chi connectivity index (χ2n) is 7.91. The van der Waals surface area contributed by atoms with E-state index < -0.39 is 5.60 Å². The summed E-state index contributed by atoms with van der Waals surface area (Å²) in [4.78, 5) is 14.2. The SMILES string of the molecule is O=C(OC1(C#Cc2ccccc2)CCCC1)c1ccc(-[s+]2ccc3ccccc32)cc1. The molecular formula is C28H23O2S+. The van der Waals surface area contributed by atoms with Crippen LogP contribution in [0.25, 0.3) is 15.0 Å². The van der Waals surface area contributed by atoms with Crippen molar-refractivity contribution in [3.05, 3.63) is 101 Å². The summed E-state index contributed by atoms with van der Waals surface area (Å²) in [6, 6.07) is 28.4. The molecule has 0 amide bonds. The van der Waals surface area contributed by atoms with Gasteiger partial charge in [-0.25, -0.2) is 4.79 Å². The Morgan fingerprint density at radius 2 is 1.55 bits per heavy atom. The molecule has 1 atom stereocenters. The molecule has 3 aromatic carbocycles. The number of hydrogen-bond donors (Lipinski definition) is 0. The fourth-order valence-corrected chi connectivity index (χ4v) is 6.00. The van der Waals surface area contributed by atoms with Gasteiger partial charge in [-0.3, -0.25) is 0 Å². The molecule has 1 heterocycles. The highest BCUT2D eigenvalue weighted by atomic mass is 32.2. The number of fused-ring (bicyclic) bond motifs is 1. The van der Waals surface area contributed by atoms with Gasteiger partial charge in [0.1, 0.15) is 5.38 Å². The molecule has 2 nitrogen and oxygen atoms in total. The van der Waals surface area contributed by atoms with Gasteiger partial charge < -0.3 is 4.74 Å². The minimum Gasteiger partial charge on any atom is -0.442 e. The molecule has 1 aromatic heterocycles. The first kappa shape index (κ1) is 19.6. The molecular weight excluding hydrogens is 400 g/mol. The van der Waals surface area contributed by atoms with Crippen molar-refractivity contribution in [1.29, 1.82) is 0 Å². The molecule has 1 aliphatic rings. The van der Waals surface area contributed by atoms with E-state index in [1.165, 1.54) is 15.0 Å². The van der Waals surface area contributed by atoms with Crippen LogP contribution in [0.5, 0.6) is 0 Å². The van der Waals surface area contributed by atoms with Crippen LogP contribution >= 0.6 is 10.5 Å². The third kappa shape index (κ3) is 4.13. The van der Waals surface area contributed by atoms with Gasteiger partial charge in [0.05, 0.1) is 5.56 Å². The topological polar surface area (TPSA) is 26.3 Å². The molecule has 0 saturated heterocycles. The number of thiophene rings is 1. The molecule has 4 aromatic rings. The Hall–Kier alpha value is -3.35. The lowest BCUT2D eigenvalue weighted by molar-refractivity contribution is 0.0103. The highest BCUT2D eigenvalue weighted by Crippen LogP contribution is 2.39. The molecule has 152 valence electrons. The van der Waals surface area contributed by atoms with Gasteiger partial charge in [-0.2, -0.15) is 0 Å². The minimum atomic E-state index is -0.680. The zero-order valence-electron chi connectivity index (χ0n) is 17.2. The van der Waals surface area contributed by atoms with Crippen molar-refractivity contribution in [2.24, 2.45) is 0 Å². The first-order valence-corrected chi connectivity index (χ1v) is 11.9. The Morgan fingerprint density at radius 1 is 0.839 bits per heavy atom. The molecule has 1 saturated carbocycles. The van der Waals surface area contributed by atoms with E-state index in [0.29, 0.717) is 5.56 Å². The quantitative estimate of drug-likeness (QED) is 0.200. The molecule has 1 fully saturated rings. The molecule has 0 spiro atoms. The van der Waals surface area contributed by atoms with E-state index in [1.807, 2.05) is 54.6 Å². The van der Waals surface area contributed by atoms with Gasteiger partial charge in [-0.05, 0) is 80.1 Å². The van der Waals surface area contributed by atoms with E-state index in [4.69, 9.17) is 4.74 Å². The minimum absolute atomic E-state index is 0.0786. The lowest BCUT2D eigenvalue weighted by Crippen LogP contribution is -2.30. The number of rotatable bonds is 3. The van der Waals surface area contributed by atoms with Crippen molar-refractivity contribution in [2.45, 2.75) is 31.3 Å². The van der Waals surface area contributed by atoms with Crippen LogP contribution in [-0.2, 0) is 4.74 Å². The van der Waals surface area contributed by atoms with Crippen molar-refractivity contribution < 1.29 is 9.53 Å². The van der Waals surface area contributed by atoms with Crippen molar-refractivity contribution in [3.8, 4) is 16.7 Å². The summed E-state index contributed by atoms with van der Waals surface area (Å²) in [6.07, 6.45) is 3.65. The van der Waals surface area contributed by atoms with Crippen LogP contribution in [0.2, 0.25) is 0 Å². The molecule has 3 heteroatoms. The average Bonchev–Trinajstić information content (AvgIpc) is 3.46. The summed E-state index contributed by atoms with van der Waals surface area (Å²) in [5.41, 5.74) is 0.845. The predicted octanol–water partition coefficient (Wildman–Crippen LogP) is 7.10. The largest absolute Gasteiger partial charge is 0.442 e. The van der Waals surface area contributed by atoms with Gasteiger partial charge in [0.25, 0.3) is 0 Å². The lowest BCUT2D eigenvalue weighted by Gasteiger charge is -2.23. The third-order valence-corrected chi connectivity index (χ3v) is 7.83. The van der Waals surface area contributed by atoms with Gasteiger partial charge in [-0.1, -0.05) is 36.3 Å². The Bertz CT molecular complexity index is 1270. The van der Waals surface area contributed by atoms with Gasteiger partial charge in [-0.15, -0.1) is 0 Å². The molecule has 0 bridgehead atoms. The van der Waals surface area contributed by atoms with Crippen molar-refractivity contribution >= 4 is 26.5 Å². The number of carbonyl (C=O) groups is 1. The summed E-state index contributed by atoms with van der Waals surface area (Å²) in [5.74, 6) is 6.19. The zero-order valence-corrected chi connectivity index (χ0v) is 18.0. The normalized spacial score (nSPS) is 15.3. The van der Waals surface area contributed by atoms with Crippen molar-refractivity contribution in [3.63, 3.8) is 0 Å². The third-order valence-electron chi connectivity index (χ3n) is 5.79. The molecule has 0 radical (unpaired) electrons. The van der Waals surface area contributed by atoms with Gasteiger partial charge >= 0.3 is 5.97 Å². The summed E-state index contributed by atoms with van der Waals surface area (Å²) in [6.45, 7) is 0. The van der Waals surface area contributed by atoms with Crippen LogP contribution < -0.4 is 0 Å². The first-order chi connectivity index (χ1) is 15.2. The van der Waals surface area contributed by atoms with E-state index >= 15 is 0 Å². The van der Waals surface area contributed by atoms with E-state index in [9.17, 15) is 4.79 Å². The van der Waals surface area contributed by atoms with Crippen LogP contribution in [0.15, 0.2) is 90.3 Å². The second-order valence-corrected chi connectivity index (χ2v) is 9.77. The highest BCUT2D eigenvalue weighted by molar-refractivity contribution is 7.43. The van der Waals surface area contributed by atoms with Gasteiger partial charge in [0.2, 0.25) is 0 Å². The molecule has 1 unspecified atom stereocenters. The van der Waals surface area contributed by atoms with Crippen LogP contribution in [-0.4, -0.2) is 11.6 Å². The van der Waals surface area contributed by atoms with Crippen LogP contribution in [0.1, 0.15) is 41.6 Å². The van der Waals surface area contributed by atoms with E-state index in [-0.39, 0.29) is 16.4 Å². The fourth-order valence-electron chi connectivity index (χ4n) is 4.12. The Kier molecular flexibility index (Phi) is 5.32. The van der Waals surface area contributed by atoms with Crippen LogP contribution in [0.4, 0.5) is 0 Å². The van der Waals surface area contributed by atoms with E-state index in [0.717, 1.165) is 31.2 Å². The molecule has 1 aliphatic carbocycles. The second kappa shape index (κ2) is 8.41. The lowest BCUT2D eigenvalue weighted by atomic mass is 10.0. The summed E-state index contributed by atoms with van der Waals surface area (Å²) < 4.78 is 7.34. The Morgan fingerprint density at radius 3 is 2.32 bits per heavy atom.